The van der Waals surface area contributed by atoms with Crippen molar-refractivity contribution in [3.8, 4) is 0 Å². The molecule has 2 aromatic rings. The van der Waals surface area contributed by atoms with Crippen LogP contribution in [0.3, 0.4) is 0 Å². The summed E-state index contributed by atoms with van der Waals surface area (Å²) in [5.41, 5.74) is 1.01. The number of hydrogen-bond donors (Lipinski definition) is 2. The topological polar surface area (TPSA) is 41.1 Å². The van der Waals surface area contributed by atoms with Crippen molar-refractivity contribution in [1.29, 1.82) is 0 Å². The molecule has 116 valence electrons. The number of rotatable bonds is 4. The average molecular weight is 378 g/mol. The molecular weight excluding hydrogens is 366 g/mol. The van der Waals surface area contributed by atoms with E-state index >= 15 is 0 Å². The molecule has 3 nitrogen and oxygen atoms in total. The summed E-state index contributed by atoms with van der Waals surface area (Å²) in [6.45, 7) is 0. The minimum Gasteiger partial charge on any atom is -0.362 e. The maximum Gasteiger partial charge on any atom is 0.254 e. The van der Waals surface area contributed by atoms with Gasteiger partial charge in [-0.25, -0.2) is 0 Å². The van der Waals surface area contributed by atoms with Gasteiger partial charge in [0.1, 0.15) is 6.17 Å². The van der Waals surface area contributed by atoms with Gasteiger partial charge in [0.15, 0.2) is 0 Å². The molecule has 0 aliphatic carbocycles. The largest absolute Gasteiger partial charge is 0.362 e. The summed E-state index contributed by atoms with van der Waals surface area (Å²) in [4.78, 5) is 12.3. The fourth-order valence-electron chi connectivity index (χ4n) is 1.75. The molecule has 22 heavy (non-hydrogen) atoms. The molecule has 2 N–H and O–H groups in total. The van der Waals surface area contributed by atoms with Gasteiger partial charge in [-0.05, 0) is 24.3 Å². The molecule has 7 heteroatoms. The van der Waals surface area contributed by atoms with Crippen molar-refractivity contribution < 1.29 is 4.79 Å². The van der Waals surface area contributed by atoms with Gasteiger partial charge in [0.25, 0.3) is 5.91 Å². The van der Waals surface area contributed by atoms with Crippen LogP contribution in [0.5, 0.6) is 0 Å². The van der Waals surface area contributed by atoms with E-state index in [1.807, 2.05) is 18.2 Å². The van der Waals surface area contributed by atoms with Crippen LogP contribution < -0.4 is 10.6 Å². The number of para-hydroxylation sites is 1. The molecule has 0 spiro atoms. The highest BCUT2D eigenvalue weighted by Crippen LogP contribution is 2.31. The molecule has 0 heterocycles. The van der Waals surface area contributed by atoms with Crippen LogP contribution in [0.25, 0.3) is 0 Å². The van der Waals surface area contributed by atoms with Crippen LogP contribution in [-0.4, -0.2) is 15.9 Å². The van der Waals surface area contributed by atoms with Gasteiger partial charge in [-0.15, -0.1) is 0 Å². The first-order valence-corrected chi connectivity index (χ1v) is 7.83. The van der Waals surface area contributed by atoms with Crippen LogP contribution in [0.4, 0.5) is 5.69 Å². The van der Waals surface area contributed by atoms with E-state index in [0.717, 1.165) is 0 Å². The first-order chi connectivity index (χ1) is 10.4. The van der Waals surface area contributed by atoms with Crippen molar-refractivity contribution in [2.45, 2.75) is 9.96 Å². The van der Waals surface area contributed by atoms with E-state index in [0.29, 0.717) is 16.3 Å². The molecule has 0 saturated heterocycles. The number of hydrogen-bond acceptors (Lipinski definition) is 2. The lowest BCUT2D eigenvalue weighted by Crippen LogP contribution is -2.49. The summed E-state index contributed by atoms with van der Waals surface area (Å²) < 4.78 is -1.74. The van der Waals surface area contributed by atoms with Crippen molar-refractivity contribution >= 4 is 58.0 Å². The highest BCUT2D eigenvalue weighted by molar-refractivity contribution is 6.68. The highest BCUT2D eigenvalue weighted by atomic mass is 35.6. The minimum absolute atomic E-state index is 0.304. The van der Waals surface area contributed by atoms with Gasteiger partial charge in [-0.1, -0.05) is 76.7 Å². The quantitative estimate of drug-likeness (QED) is 0.588. The summed E-state index contributed by atoms with van der Waals surface area (Å²) in [6.07, 6.45) is -0.927. The number of alkyl halides is 3. The van der Waals surface area contributed by atoms with Gasteiger partial charge in [0.05, 0.1) is 10.6 Å². The summed E-state index contributed by atoms with van der Waals surface area (Å²) in [7, 11) is 0. The average Bonchev–Trinajstić information content (AvgIpc) is 2.47. The van der Waals surface area contributed by atoms with E-state index < -0.39 is 15.9 Å². The smallest absolute Gasteiger partial charge is 0.254 e. The standard InChI is InChI=1S/C15H12Cl4N2O/c16-12-9-5-4-8-11(12)13(22)21-14(15(17,18)19)20-10-6-2-1-3-7-10/h1-9,14,20H,(H,21,22). The van der Waals surface area contributed by atoms with Gasteiger partial charge in [-0.2, -0.15) is 0 Å². The van der Waals surface area contributed by atoms with Gasteiger partial charge >= 0.3 is 0 Å². The first kappa shape index (κ1) is 17.2. The van der Waals surface area contributed by atoms with E-state index in [2.05, 4.69) is 10.6 Å². The van der Waals surface area contributed by atoms with Crippen molar-refractivity contribution in [3.05, 3.63) is 65.2 Å². The number of carbonyl (C=O) groups is 1. The Morgan fingerprint density at radius 3 is 2.14 bits per heavy atom. The van der Waals surface area contributed by atoms with Crippen molar-refractivity contribution in [3.63, 3.8) is 0 Å². The zero-order chi connectivity index (χ0) is 16.2. The Labute approximate surface area is 148 Å². The molecule has 0 fully saturated rings. The van der Waals surface area contributed by atoms with Gasteiger partial charge in [0.2, 0.25) is 3.79 Å². The molecule has 0 aliphatic heterocycles. The van der Waals surface area contributed by atoms with Crippen LogP contribution in [0.2, 0.25) is 5.02 Å². The number of halogens is 4. The summed E-state index contributed by atoms with van der Waals surface area (Å²) in [6, 6.07) is 15.7. The highest BCUT2D eigenvalue weighted by Gasteiger charge is 2.34. The van der Waals surface area contributed by atoms with Crippen molar-refractivity contribution in [2.24, 2.45) is 0 Å². The van der Waals surface area contributed by atoms with Crippen LogP contribution in [0, 0.1) is 0 Å². The molecule has 0 aliphatic rings. The van der Waals surface area contributed by atoms with Crippen molar-refractivity contribution in [2.75, 3.05) is 5.32 Å². The summed E-state index contributed by atoms with van der Waals surface area (Å²) in [5.74, 6) is -0.439. The summed E-state index contributed by atoms with van der Waals surface area (Å²) >= 11 is 23.8. The van der Waals surface area contributed by atoms with Crippen molar-refractivity contribution in [1.82, 2.24) is 5.32 Å². The van der Waals surface area contributed by atoms with E-state index in [4.69, 9.17) is 46.4 Å². The van der Waals surface area contributed by atoms with Crippen LogP contribution >= 0.6 is 46.4 Å². The Hall–Kier alpha value is -1.13. The normalized spacial score (nSPS) is 12.5. The first-order valence-electron chi connectivity index (χ1n) is 6.31. The Morgan fingerprint density at radius 2 is 1.55 bits per heavy atom. The molecule has 0 aromatic heterocycles. The number of anilines is 1. The number of carbonyl (C=O) groups excluding carboxylic acids is 1. The zero-order valence-corrected chi connectivity index (χ0v) is 14.2. The molecule has 1 atom stereocenters. The van der Waals surface area contributed by atoms with E-state index in [1.54, 1.807) is 36.4 Å². The van der Waals surface area contributed by atoms with E-state index in [-0.39, 0.29) is 0 Å². The lowest BCUT2D eigenvalue weighted by molar-refractivity contribution is 0.0942. The minimum atomic E-state index is -1.74. The molecule has 2 aromatic carbocycles. The molecule has 0 bridgehead atoms. The number of nitrogens with one attached hydrogen (secondary N) is 2. The lowest BCUT2D eigenvalue weighted by atomic mass is 10.2. The SMILES string of the molecule is O=C(NC(Nc1ccccc1)C(Cl)(Cl)Cl)c1ccccc1Cl. The maximum absolute atomic E-state index is 12.3. The van der Waals surface area contributed by atoms with Crippen LogP contribution in [0.1, 0.15) is 10.4 Å². The molecule has 0 saturated carbocycles. The Bertz CT molecular complexity index is 643. The Morgan fingerprint density at radius 1 is 0.955 bits per heavy atom. The van der Waals surface area contributed by atoms with Gasteiger partial charge in [-0.3, -0.25) is 4.79 Å². The van der Waals surface area contributed by atoms with Gasteiger partial charge in [0, 0.05) is 5.69 Å². The second-order valence-corrected chi connectivity index (χ2v) is 7.21. The number of amides is 1. The monoisotopic (exact) mass is 376 g/mol. The molecule has 1 amide bonds. The number of benzene rings is 2. The lowest BCUT2D eigenvalue weighted by Gasteiger charge is -2.27. The molecule has 2 rings (SSSR count). The second-order valence-electron chi connectivity index (χ2n) is 4.44. The Balaban J connectivity index is 2.17. The maximum atomic E-state index is 12.3. The Kier molecular flexibility index (Phi) is 5.81. The second kappa shape index (κ2) is 7.42. The fourth-order valence-corrected chi connectivity index (χ4v) is 2.30. The van der Waals surface area contributed by atoms with Crippen LogP contribution in [-0.2, 0) is 0 Å². The van der Waals surface area contributed by atoms with Gasteiger partial charge < -0.3 is 10.6 Å². The third-order valence-corrected chi connectivity index (χ3v) is 3.79. The van der Waals surface area contributed by atoms with E-state index in [9.17, 15) is 4.79 Å². The molecular formula is C15H12Cl4N2O. The third-order valence-electron chi connectivity index (χ3n) is 2.81. The predicted octanol–water partition coefficient (Wildman–Crippen LogP) is 4.88. The third kappa shape index (κ3) is 4.68. The zero-order valence-electron chi connectivity index (χ0n) is 11.2. The van der Waals surface area contributed by atoms with E-state index in [1.165, 1.54) is 0 Å². The predicted molar refractivity (Wildman–Crippen MR) is 93.1 cm³/mol. The summed E-state index contributed by atoms with van der Waals surface area (Å²) in [5, 5.41) is 5.92. The fraction of sp³-hybridized carbons (Fsp3) is 0.133. The molecule has 1 unspecified atom stereocenters. The van der Waals surface area contributed by atoms with Crippen LogP contribution in [0.15, 0.2) is 54.6 Å². The molecule has 0 radical (unpaired) electrons.